The molecular formula is C19H19ClF2. The van der Waals surface area contributed by atoms with Crippen LogP contribution in [0, 0.1) is 18.6 Å². The SMILES string of the molecule is Cc1ccc(-c2ccc(C3CCC(Cl)CC3)c(F)c2)c(F)c1. The van der Waals surface area contributed by atoms with Gasteiger partial charge in [0, 0.05) is 10.9 Å². The molecule has 22 heavy (non-hydrogen) atoms. The maximum Gasteiger partial charge on any atom is 0.131 e. The minimum atomic E-state index is -0.310. The van der Waals surface area contributed by atoms with Gasteiger partial charge in [-0.2, -0.15) is 0 Å². The highest BCUT2D eigenvalue weighted by molar-refractivity contribution is 6.20. The lowest BCUT2D eigenvalue weighted by Gasteiger charge is -2.25. The van der Waals surface area contributed by atoms with Gasteiger partial charge in [0.25, 0.3) is 0 Å². The van der Waals surface area contributed by atoms with Gasteiger partial charge >= 0.3 is 0 Å². The van der Waals surface area contributed by atoms with Gasteiger partial charge in [0.2, 0.25) is 0 Å². The Balaban J connectivity index is 1.89. The molecule has 0 bridgehead atoms. The number of aryl methyl sites for hydroxylation is 1. The lowest BCUT2D eigenvalue weighted by Crippen LogP contribution is -2.14. The van der Waals surface area contributed by atoms with Crippen molar-refractivity contribution in [3.8, 4) is 11.1 Å². The molecule has 116 valence electrons. The van der Waals surface area contributed by atoms with Crippen LogP contribution < -0.4 is 0 Å². The average molecular weight is 321 g/mol. The van der Waals surface area contributed by atoms with Gasteiger partial charge in [0.15, 0.2) is 0 Å². The van der Waals surface area contributed by atoms with Crippen LogP contribution in [-0.4, -0.2) is 5.38 Å². The van der Waals surface area contributed by atoms with E-state index in [9.17, 15) is 8.78 Å². The van der Waals surface area contributed by atoms with Crippen molar-refractivity contribution >= 4 is 11.6 Å². The molecule has 1 saturated carbocycles. The van der Waals surface area contributed by atoms with Crippen LogP contribution in [0.4, 0.5) is 8.78 Å². The Hall–Kier alpha value is -1.41. The second-order valence-corrected chi connectivity index (χ2v) is 6.79. The first-order chi connectivity index (χ1) is 10.5. The summed E-state index contributed by atoms with van der Waals surface area (Å²) in [4.78, 5) is 0. The fourth-order valence-corrected chi connectivity index (χ4v) is 3.50. The molecule has 0 aromatic heterocycles. The molecule has 0 N–H and O–H groups in total. The van der Waals surface area contributed by atoms with Crippen LogP contribution >= 0.6 is 11.6 Å². The fourth-order valence-electron chi connectivity index (χ4n) is 3.24. The highest BCUT2D eigenvalue weighted by atomic mass is 35.5. The van der Waals surface area contributed by atoms with Crippen LogP contribution in [0.3, 0.4) is 0 Å². The topological polar surface area (TPSA) is 0 Å². The Morgan fingerprint density at radius 1 is 0.909 bits per heavy atom. The predicted molar refractivity (Wildman–Crippen MR) is 87.4 cm³/mol. The van der Waals surface area contributed by atoms with E-state index in [-0.39, 0.29) is 22.9 Å². The zero-order chi connectivity index (χ0) is 15.7. The number of hydrogen-bond acceptors (Lipinski definition) is 0. The molecule has 0 amide bonds. The maximum atomic E-state index is 14.5. The monoisotopic (exact) mass is 320 g/mol. The van der Waals surface area contributed by atoms with E-state index in [1.807, 2.05) is 25.1 Å². The molecule has 2 aromatic carbocycles. The van der Waals surface area contributed by atoms with E-state index in [1.54, 1.807) is 6.07 Å². The van der Waals surface area contributed by atoms with Gasteiger partial charge in [-0.15, -0.1) is 11.6 Å². The summed E-state index contributed by atoms with van der Waals surface area (Å²) >= 11 is 6.11. The van der Waals surface area contributed by atoms with E-state index in [1.165, 1.54) is 12.1 Å². The van der Waals surface area contributed by atoms with Crippen molar-refractivity contribution in [2.24, 2.45) is 0 Å². The molecule has 0 saturated heterocycles. The van der Waals surface area contributed by atoms with Crippen molar-refractivity contribution in [2.75, 3.05) is 0 Å². The summed E-state index contributed by atoms with van der Waals surface area (Å²) in [7, 11) is 0. The van der Waals surface area contributed by atoms with Crippen molar-refractivity contribution in [2.45, 2.75) is 43.9 Å². The van der Waals surface area contributed by atoms with Crippen LogP contribution in [0.5, 0.6) is 0 Å². The van der Waals surface area contributed by atoms with Crippen LogP contribution in [-0.2, 0) is 0 Å². The van der Waals surface area contributed by atoms with Crippen LogP contribution in [0.1, 0.15) is 42.7 Å². The van der Waals surface area contributed by atoms with E-state index in [0.717, 1.165) is 36.8 Å². The molecular weight excluding hydrogens is 302 g/mol. The third-order valence-corrected chi connectivity index (χ3v) is 4.97. The summed E-state index contributed by atoms with van der Waals surface area (Å²) < 4.78 is 28.5. The zero-order valence-corrected chi connectivity index (χ0v) is 13.3. The smallest absolute Gasteiger partial charge is 0.131 e. The Morgan fingerprint density at radius 3 is 2.27 bits per heavy atom. The Labute approximate surface area is 135 Å². The average Bonchev–Trinajstić information content (AvgIpc) is 2.48. The van der Waals surface area contributed by atoms with Crippen molar-refractivity contribution in [1.29, 1.82) is 0 Å². The molecule has 0 atom stereocenters. The highest BCUT2D eigenvalue weighted by Crippen LogP contribution is 2.37. The quantitative estimate of drug-likeness (QED) is 0.577. The number of benzene rings is 2. The Morgan fingerprint density at radius 2 is 1.64 bits per heavy atom. The minimum absolute atomic E-state index is 0.222. The second-order valence-electron chi connectivity index (χ2n) is 6.17. The standard InChI is InChI=1S/C19H19ClF2/c1-12-2-8-17(18(21)10-12)14-5-9-16(19(22)11-14)13-3-6-15(20)7-4-13/h2,5,8-11,13,15H,3-4,6-7H2,1H3. The minimum Gasteiger partial charge on any atom is -0.207 e. The number of rotatable bonds is 2. The summed E-state index contributed by atoms with van der Waals surface area (Å²) in [5.41, 5.74) is 2.63. The first kappa shape index (κ1) is 15.5. The lowest BCUT2D eigenvalue weighted by atomic mass is 9.83. The van der Waals surface area contributed by atoms with Gasteiger partial charge in [-0.25, -0.2) is 8.78 Å². The largest absolute Gasteiger partial charge is 0.207 e. The molecule has 1 aliphatic rings. The van der Waals surface area contributed by atoms with Gasteiger partial charge in [-0.1, -0.05) is 24.3 Å². The summed E-state index contributed by atoms with van der Waals surface area (Å²) in [6.45, 7) is 1.84. The summed E-state index contributed by atoms with van der Waals surface area (Å²) in [6.07, 6.45) is 3.70. The lowest BCUT2D eigenvalue weighted by molar-refractivity contribution is 0.434. The molecule has 3 rings (SSSR count). The van der Waals surface area contributed by atoms with E-state index in [2.05, 4.69) is 0 Å². The zero-order valence-electron chi connectivity index (χ0n) is 12.6. The number of alkyl halides is 1. The third-order valence-electron chi connectivity index (χ3n) is 4.53. The Kier molecular flexibility index (Phi) is 4.49. The molecule has 0 unspecified atom stereocenters. The van der Waals surface area contributed by atoms with Gasteiger partial charge in [0.1, 0.15) is 11.6 Å². The first-order valence-electron chi connectivity index (χ1n) is 7.74. The Bertz CT molecular complexity index is 673. The van der Waals surface area contributed by atoms with Crippen molar-refractivity contribution in [3.63, 3.8) is 0 Å². The second kappa shape index (κ2) is 6.37. The number of halogens is 3. The molecule has 3 heteroatoms. The van der Waals surface area contributed by atoms with Crippen molar-refractivity contribution in [1.82, 2.24) is 0 Å². The van der Waals surface area contributed by atoms with Crippen LogP contribution in [0.2, 0.25) is 0 Å². The van der Waals surface area contributed by atoms with Gasteiger partial charge in [0.05, 0.1) is 0 Å². The van der Waals surface area contributed by atoms with E-state index >= 15 is 0 Å². The number of hydrogen-bond donors (Lipinski definition) is 0. The van der Waals surface area contributed by atoms with Crippen molar-refractivity contribution < 1.29 is 8.78 Å². The molecule has 0 radical (unpaired) electrons. The molecule has 1 fully saturated rings. The molecule has 1 aliphatic carbocycles. The maximum absolute atomic E-state index is 14.5. The summed E-state index contributed by atoms with van der Waals surface area (Å²) in [6, 6.07) is 10.1. The normalized spacial score (nSPS) is 21.8. The first-order valence-corrected chi connectivity index (χ1v) is 8.18. The summed E-state index contributed by atoms with van der Waals surface area (Å²) in [5.74, 6) is -0.322. The molecule has 0 nitrogen and oxygen atoms in total. The molecule has 0 spiro atoms. The molecule has 2 aromatic rings. The van der Waals surface area contributed by atoms with Crippen LogP contribution in [0.25, 0.3) is 11.1 Å². The van der Waals surface area contributed by atoms with E-state index < -0.39 is 0 Å². The van der Waals surface area contributed by atoms with Crippen LogP contribution in [0.15, 0.2) is 36.4 Å². The predicted octanol–water partition coefficient (Wildman–Crippen LogP) is 6.21. The molecule has 0 aliphatic heterocycles. The highest BCUT2D eigenvalue weighted by Gasteiger charge is 2.23. The third kappa shape index (κ3) is 3.17. The van der Waals surface area contributed by atoms with Gasteiger partial charge in [-0.05, 0) is 67.3 Å². The fraction of sp³-hybridized carbons (Fsp3) is 0.368. The van der Waals surface area contributed by atoms with E-state index in [0.29, 0.717) is 11.1 Å². The van der Waals surface area contributed by atoms with Gasteiger partial charge in [-0.3, -0.25) is 0 Å². The summed E-state index contributed by atoms with van der Waals surface area (Å²) in [5, 5.41) is 0.222. The van der Waals surface area contributed by atoms with Gasteiger partial charge < -0.3 is 0 Å². The van der Waals surface area contributed by atoms with Crippen molar-refractivity contribution in [3.05, 3.63) is 59.2 Å². The van der Waals surface area contributed by atoms with E-state index in [4.69, 9.17) is 11.6 Å². The molecule has 0 heterocycles.